The van der Waals surface area contributed by atoms with E-state index in [1.807, 2.05) is 38.1 Å². The molecule has 5 nitrogen and oxygen atoms in total. The molecular weight excluding hydrogens is 352 g/mol. The van der Waals surface area contributed by atoms with E-state index in [1.165, 1.54) is 11.1 Å². The van der Waals surface area contributed by atoms with Crippen LogP contribution in [0, 0.1) is 13.8 Å². The van der Waals surface area contributed by atoms with Crippen LogP contribution in [0.3, 0.4) is 0 Å². The highest BCUT2D eigenvalue weighted by Gasteiger charge is 2.49. The lowest BCUT2D eigenvalue weighted by Gasteiger charge is -2.23. The van der Waals surface area contributed by atoms with Gasteiger partial charge in [-0.25, -0.2) is 4.79 Å². The fourth-order valence-corrected chi connectivity index (χ4v) is 4.07. The van der Waals surface area contributed by atoms with Gasteiger partial charge in [0.25, 0.3) is 5.91 Å². The maximum atomic E-state index is 13.1. The van der Waals surface area contributed by atoms with E-state index in [0.717, 1.165) is 40.9 Å². The highest BCUT2D eigenvalue weighted by Crippen LogP contribution is 2.32. The van der Waals surface area contributed by atoms with Crippen LogP contribution in [0.1, 0.15) is 51.5 Å². The van der Waals surface area contributed by atoms with Crippen molar-refractivity contribution < 1.29 is 14.4 Å². The summed E-state index contributed by atoms with van der Waals surface area (Å²) in [5.74, 6) is -0.627. The molecule has 1 saturated heterocycles. The van der Waals surface area contributed by atoms with Gasteiger partial charge >= 0.3 is 6.03 Å². The first-order valence-electron chi connectivity index (χ1n) is 9.66. The molecule has 2 aliphatic rings. The van der Waals surface area contributed by atoms with Gasteiger partial charge < -0.3 is 5.32 Å². The number of hydrogen-bond acceptors (Lipinski definition) is 3. The van der Waals surface area contributed by atoms with Gasteiger partial charge in [0, 0.05) is 5.56 Å². The van der Waals surface area contributed by atoms with E-state index >= 15 is 0 Å². The second-order valence-electron chi connectivity index (χ2n) is 8.01. The summed E-state index contributed by atoms with van der Waals surface area (Å²) in [6.45, 7) is 5.37. The molecule has 1 aliphatic heterocycles. The molecule has 2 aromatic rings. The van der Waals surface area contributed by atoms with Crippen LogP contribution in [0.15, 0.2) is 36.4 Å². The van der Waals surface area contributed by atoms with E-state index in [9.17, 15) is 14.4 Å². The van der Waals surface area contributed by atoms with Gasteiger partial charge in [-0.3, -0.25) is 14.5 Å². The topological polar surface area (TPSA) is 66.5 Å². The van der Waals surface area contributed by atoms with Crippen molar-refractivity contribution in [1.82, 2.24) is 10.2 Å². The second kappa shape index (κ2) is 6.59. The Hall–Kier alpha value is -2.95. The molecule has 1 heterocycles. The van der Waals surface area contributed by atoms with Crippen LogP contribution < -0.4 is 5.32 Å². The van der Waals surface area contributed by atoms with Gasteiger partial charge in [0.2, 0.25) is 0 Å². The Morgan fingerprint density at radius 1 is 1.04 bits per heavy atom. The van der Waals surface area contributed by atoms with Crippen molar-refractivity contribution in [1.29, 1.82) is 0 Å². The molecule has 3 amide bonds. The highest BCUT2D eigenvalue weighted by molar-refractivity contribution is 6.11. The van der Waals surface area contributed by atoms with Gasteiger partial charge in [0.15, 0.2) is 5.78 Å². The zero-order valence-corrected chi connectivity index (χ0v) is 16.5. The molecule has 2 aromatic carbocycles. The van der Waals surface area contributed by atoms with Gasteiger partial charge in [0.1, 0.15) is 5.54 Å². The summed E-state index contributed by atoms with van der Waals surface area (Å²) in [6.07, 6.45) is 3.17. The van der Waals surface area contributed by atoms with Crippen molar-refractivity contribution in [3.63, 3.8) is 0 Å². The number of Topliss-reactive ketones (excluding diaryl/α,β-unsaturated/α-hetero) is 1. The first kappa shape index (κ1) is 18.4. The van der Waals surface area contributed by atoms with Gasteiger partial charge in [-0.1, -0.05) is 30.3 Å². The Kier molecular flexibility index (Phi) is 4.33. The number of carbonyl (C=O) groups excluding carboxylic acids is 3. The van der Waals surface area contributed by atoms with Crippen LogP contribution in [0.4, 0.5) is 4.79 Å². The number of fused-ring (bicyclic) bond motifs is 1. The van der Waals surface area contributed by atoms with E-state index in [1.54, 1.807) is 19.1 Å². The van der Waals surface area contributed by atoms with Crippen molar-refractivity contribution in [2.75, 3.05) is 6.54 Å². The molecule has 1 atom stereocenters. The molecule has 1 unspecified atom stereocenters. The standard InChI is InChI=1S/C23H24N2O3/c1-14-7-8-18(11-15(14)2)20(26)13-25-21(27)23(3,24-22(25)28)19-10-9-16-5-4-6-17(16)12-19/h7-12H,4-6,13H2,1-3H3,(H,24,28). The number of aryl methyl sites for hydroxylation is 4. The largest absolute Gasteiger partial charge is 0.325 e. The average Bonchev–Trinajstić information content (AvgIpc) is 3.22. The lowest BCUT2D eigenvalue weighted by molar-refractivity contribution is -0.130. The zero-order chi connectivity index (χ0) is 20.1. The van der Waals surface area contributed by atoms with Gasteiger partial charge in [-0.15, -0.1) is 0 Å². The maximum absolute atomic E-state index is 13.1. The van der Waals surface area contributed by atoms with Crippen molar-refractivity contribution in [3.05, 3.63) is 69.8 Å². The summed E-state index contributed by atoms with van der Waals surface area (Å²) in [6, 6.07) is 10.9. The molecule has 5 heteroatoms. The predicted molar refractivity (Wildman–Crippen MR) is 106 cm³/mol. The Balaban J connectivity index is 1.58. The summed E-state index contributed by atoms with van der Waals surface area (Å²) in [5, 5.41) is 2.80. The van der Waals surface area contributed by atoms with E-state index in [0.29, 0.717) is 5.56 Å². The minimum Gasteiger partial charge on any atom is -0.319 e. The van der Waals surface area contributed by atoms with Gasteiger partial charge in [-0.2, -0.15) is 0 Å². The van der Waals surface area contributed by atoms with Crippen LogP contribution in [0.2, 0.25) is 0 Å². The average molecular weight is 376 g/mol. The fourth-order valence-electron chi connectivity index (χ4n) is 4.07. The first-order valence-corrected chi connectivity index (χ1v) is 9.66. The Labute approximate surface area is 164 Å². The Morgan fingerprint density at radius 3 is 2.54 bits per heavy atom. The zero-order valence-electron chi connectivity index (χ0n) is 16.5. The molecule has 4 rings (SSSR count). The SMILES string of the molecule is Cc1ccc(C(=O)CN2C(=O)NC(C)(c3ccc4c(c3)CCC4)C2=O)cc1C. The third-order valence-electron chi connectivity index (χ3n) is 6.08. The van der Waals surface area contributed by atoms with Crippen LogP contribution in [-0.4, -0.2) is 29.2 Å². The van der Waals surface area contributed by atoms with Crippen molar-refractivity contribution in [3.8, 4) is 0 Å². The minimum atomic E-state index is -1.14. The molecule has 0 radical (unpaired) electrons. The number of rotatable bonds is 4. The van der Waals surface area contributed by atoms with Crippen molar-refractivity contribution >= 4 is 17.7 Å². The van der Waals surface area contributed by atoms with Crippen LogP contribution in [-0.2, 0) is 23.2 Å². The number of benzene rings is 2. The molecular formula is C23H24N2O3. The minimum absolute atomic E-state index is 0.246. The smallest absolute Gasteiger partial charge is 0.319 e. The predicted octanol–water partition coefficient (Wildman–Crippen LogP) is 3.44. The molecule has 0 bridgehead atoms. The quantitative estimate of drug-likeness (QED) is 0.657. The molecule has 144 valence electrons. The number of amides is 3. The molecule has 28 heavy (non-hydrogen) atoms. The molecule has 1 N–H and O–H groups in total. The molecule has 0 spiro atoms. The number of carbonyl (C=O) groups is 3. The lowest BCUT2D eigenvalue weighted by atomic mass is 9.89. The molecule has 1 aliphatic carbocycles. The van der Waals surface area contributed by atoms with Gasteiger partial charge in [0.05, 0.1) is 6.54 Å². The fraction of sp³-hybridized carbons (Fsp3) is 0.348. The third-order valence-corrected chi connectivity index (χ3v) is 6.08. The first-order chi connectivity index (χ1) is 13.3. The van der Waals surface area contributed by atoms with E-state index < -0.39 is 11.6 Å². The number of hydrogen-bond donors (Lipinski definition) is 1. The van der Waals surface area contributed by atoms with E-state index in [-0.39, 0.29) is 18.2 Å². The maximum Gasteiger partial charge on any atom is 0.325 e. The van der Waals surface area contributed by atoms with Crippen molar-refractivity contribution in [2.24, 2.45) is 0 Å². The van der Waals surface area contributed by atoms with Crippen molar-refractivity contribution in [2.45, 2.75) is 45.6 Å². The molecule has 1 fully saturated rings. The number of ketones is 1. The normalized spacial score (nSPS) is 21.0. The van der Waals surface area contributed by atoms with Crippen LogP contribution in [0.5, 0.6) is 0 Å². The highest BCUT2D eigenvalue weighted by atomic mass is 16.2. The summed E-state index contributed by atoms with van der Waals surface area (Å²) in [4.78, 5) is 39.4. The number of imide groups is 1. The second-order valence-corrected chi connectivity index (χ2v) is 8.01. The summed E-state index contributed by atoms with van der Waals surface area (Å²) >= 11 is 0. The summed E-state index contributed by atoms with van der Waals surface area (Å²) < 4.78 is 0. The molecule has 0 aromatic heterocycles. The van der Waals surface area contributed by atoms with Crippen LogP contribution in [0.25, 0.3) is 0 Å². The third kappa shape index (κ3) is 2.91. The van der Waals surface area contributed by atoms with Gasteiger partial charge in [-0.05, 0) is 73.9 Å². The Morgan fingerprint density at radius 2 is 1.79 bits per heavy atom. The summed E-state index contributed by atoms with van der Waals surface area (Å²) in [5.41, 5.74) is 4.79. The monoisotopic (exact) mass is 376 g/mol. The van der Waals surface area contributed by atoms with E-state index in [2.05, 4.69) is 5.32 Å². The van der Waals surface area contributed by atoms with E-state index in [4.69, 9.17) is 0 Å². The molecule has 0 saturated carbocycles. The van der Waals surface area contributed by atoms with Crippen LogP contribution >= 0.6 is 0 Å². The Bertz CT molecular complexity index is 1010. The number of nitrogens with one attached hydrogen (secondary N) is 1. The summed E-state index contributed by atoms with van der Waals surface area (Å²) in [7, 11) is 0. The number of nitrogens with zero attached hydrogens (tertiary/aromatic N) is 1. The number of urea groups is 1. The lowest BCUT2D eigenvalue weighted by Crippen LogP contribution is -2.41.